The van der Waals surface area contributed by atoms with Gasteiger partial charge in [0.25, 0.3) is 5.91 Å². The third-order valence-electron chi connectivity index (χ3n) is 4.19. The van der Waals surface area contributed by atoms with Crippen molar-refractivity contribution in [1.82, 2.24) is 4.90 Å². The maximum Gasteiger partial charge on any atom is 0.338 e. The molecule has 2 rings (SSSR count). The van der Waals surface area contributed by atoms with E-state index in [1.165, 1.54) is 4.90 Å². The van der Waals surface area contributed by atoms with Crippen LogP contribution >= 0.6 is 0 Å². The number of benzene rings is 2. The fourth-order valence-electron chi connectivity index (χ4n) is 2.72. The Balaban J connectivity index is 1.91. The standard InChI is InChI=1S/C23H29NO6/c1-5-27-19-11-8-17(9-12-19)15-24(4)22(25)16-30-23(26)18-10-13-20(28-6-2)21(14-18)29-7-3/h8-14H,5-7,15-16H2,1-4H3. The van der Waals surface area contributed by atoms with Crippen LogP contribution in [0.2, 0.25) is 0 Å². The second-order valence-corrected chi connectivity index (χ2v) is 6.43. The molecule has 0 saturated carbocycles. The SMILES string of the molecule is CCOc1ccc(CN(C)C(=O)COC(=O)c2ccc(OCC)c(OCC)c2)cc1. The summed E-state index contributed by atoms with van der Waals surface area (Å²) in [6.45, 7) is 7.22. The summed E-state index contributed by atoms with van der Waals surface area (Å²) in [6, 6.07) is 12.3. The molecule has 0 bridgehead atoms. The lowest BCUT2D eigenvalue weighted by Crippen LogP contribution is -2.30. The van der Waals surface area contributed by atoms with Gasteiger partial charge in [-0.1, -0.05) is 12.1 Å². The first kappa shape index (κ1) is 23.1. The van der Waals surface area contributed by atoms with E-state index in [0.717, 1.165) is 11.3 Å². The first-order valence-corrected chi connectivity index (χ1v) is 10.0. The summed E-state index contributed by atoms with van der Waals surface area (Å²) in [5.74, 6) is 0.913. The van der Waals surface area contributed by atoms with Crippen molar-refractivity contribution in [2.75, 3.05) is 33.5 Å². The van der Waals surface area contributed by atoms with Crippen molar-refractivity contribution in [1.29, 1.82) is 0 Å². The molecule has 0 aliphatic carbocycles. The molecular weight excluding hydrogens is 386 g/mol. The van der Waals surface area contributed by atoms with Crippen molar-refractivity contribution in [2.45, 2.75) is 27.3 Å². The maximum atomic E-state index is 12.4. The first-order valence-electron chi connectivity index (χ1n) is 10.0. The molecule has 1 amide bonds. The van der Waals surface area contributed by atoms with Gasteiger partial charge in [0.1, 0.15) is 5.75 Å². The summed E-state index contributed by atoms with van der Waals surface area (Å²) >= 11 is 0. The molecule has 0 aliphatic rings. The van der Waals surface area contributed by atoms with Crippen LogP contribution in [0.15, 0.2) is 42.5 Å². The Morgan fingerprint density at radius 2 is 1.47 bits per heavy atom. The topological polar surface area (TPSA) is 74.3 Å². The molecule has 0 unspecified atom stereocenters. The normalized spacial score (nSPS) is 10.3. The predicted octanol–water partition coefficient (Wildman–Crippen LogP) is 3.70. The lowest BCUT2D eigenvalue weighted by molar-refractivity contribution is -0.133. The number of rotatable bonds is 11. The number of hydrogen-bond donors (Lipinski definition) is 0. The third-order valence-corrected chi connectivity index (χ3v) is 4.19. The van der Waals surface area contributed by atoms with Crippen LogP contribution in [-0.4, -0.2) is 50.3 Å². The molecule has 0 fully saturated rings. The van der Waals surface area contributed by atoms with E-state index in [-0.39, 0.29) is 12.5 Å². The first-order chi connectivity index (χ1) is 14.5. The third kappa shape index (κ3) is 6.69. The summed E-state index contributed by atoms with van der Waals surface area (Å²) in [6.07, 6.45) is 0. The van der Waals surface area contributed by atoms with Gasteiger partial charge in [-0.15, -0.1) is 0 Å². The molecule has 0 spiro atoms. The fraction of sp³-hybridized carbons (Fsp3) is 0.391. The van der Waals surface area contributed by atoms with Gasteiger partial charge in [0.05, 0.1) is 25.4 Å². The van der Waals surface area contributed by atoms with Gasteiger partial charge in [-0.3, -0.25) is 4.79 Å². The van der Waals surface area contributed by atoms with Crippen LogP contribution in [0.3, 0.4) is 0 Å². The Morgan fingerprint density at radius 1 is 0.833 bits per heavy atom. The van der Waals surface area contributed by atoms with Crippen LogP contribution in [0.4, 0.5) is 0 Å². The van der Waals surface area contributed by atoms with E-state index < -0.39 is 5.97 Å². The summed E-state index contributed by atoms with van der Waals surface area (Å²) in [4.78, 5) is 26.2. The Morgan fingerprint density at radius 3 is 2.10 bits per heavy atom. The van der Waals surface area contributed by atoms with Crippen molar-refractivity contribution in [3.8, 4) is 17.2 Å². The molecule has 0 radical (unpaired) electrons. The predicted molar refractivity (Wildman–Crippen MR) is 113 cm³/mol. The summed E-state index contributed by atoms with van der Waals surface area (Å²) in [7, 11) is 1.66. The molecule has 2 aromatic carbocycles. The van der Waals surface area contributed by atoms with Gasteiger partial charge in [0, 0.05) is 13.6 Å². The van der Waals surface area contributed by atoms with E-state index in [0.29, 0.717) is 43.4 Å². The number of carbonyl (C=O) groups excluding carboxylic acids is 2. The minimum atomic E-state index is -0.596. The minimum absolute atomic E-state index is 0.295. The highest BCUT2D eigenvalue weighted by molar-refractivity contribution is 5.92. The van der Waals surface area contributed by atoms with Crippen LogP contribution < -0.4 is 14.2 Å². The van der Waals surface area contributed by atoms with Crippen molar-refractivity contribution in [3.63, 3.8) is 0 Å². The van der Waals surface area contributed by atoms with Crippen LogP contribution in [0.5, 0.6) is 17.2 Å². The zero-order valence-corrected chi connectivity index (χ0v) is 18.0. The van der Waals surface area contributed by atoms with E-state index in [9.17, 15) is 9.59 Å². The smallest absolute Gasteiger partial charge is 0.338 e. The maximum absolute atomic E-state index is 12.4. The molecule has 162 valence electrons. The average Bonchev–Trinajstić information content (AvgIpc) is 2.74. The van der Waals surface area contributed by atoms with Crippen LogP contribution in [0, 0.1) is 0 Å². The Kier molecular flexibility index (Phi) is 9.00. The molecular formula is C23H29NO6. The summed E-state index contributed by atoms with van der Waals surface area (Å²) in [5, 5.41) is 0. The number of likely N-dealkylation sites (N-methyl/N-ethyl adjacent to an activating group) is 1. The Bertz CT molecular complexity index is 834. The fourth-order valence-corrected chi connectivity index (χ4v) is 2.72. The van der Waals surface area contributed by atoms with Crippen molar-refractivity contribution >= 4 is 11.9 Å². The zero-order valence-electron chi connectivity index (χ0n) is 18.0. The second-order valence-electron chi connectivity index (χ2n) is 6.43. The molecule has 7 heteroatoms. The van der Waals surface area contributed by atoms with E-state index in [2.05, 4.69) is 0 Å². The number of carbonyl (C=O) groups is 2. The zero-order chi connectivity index (χ0) is 21.9. The number of amides is 1. The molecule has 0 heterocycles. The quantitative estimate of drug-likeness (QED) is 0.521. The molecule has 0 aromatic heterocycles. The van der Waals surface area contributed by atoms with Gasteiger partial charge < -0.3 is 23.8 Å². The van der Waals surface area contributed by atoms with Gasteiger partial charge in [-0.2, -0.15) is 0 Å². The number of nitrogens with zero attached hydrogens (tertiary/aromatic N) is 1. The van der Waals surface area contributed by atoms with Crippen molar-refractivity contribution < 1.29 is 28.5 Å². The molecule has 2 aromatic rings. The molecule has 30 heavy (non-hydrogen) atoms. The number of esters is 1. The van der Waals surface area contributed by atoms with Gasteiger partial charge in [-0.05, 0) is 56.7 Å². The van der Waals surface area contributed by atoms with Crippen LogP contribution in [0.25, 0.3) is 0 Å². The molecule has 0 atom stereocenters. The lowest BCUT2D eigenvalue weighted by Gasteiger charge is -2.17. The van der Waals surface area contributed by atoms with Crippen molar-refractivity contribution in [3.05, 3.63) is 53.6 Å². The second kappa shape index (κ2) is 11.7. The van der Waals surface area contributed by atoms with Gasteiger partial charge in [-0.25, -0.2) is 4.79 Å². The average molecular weight is 415 g/mol. The van der Waals surface area contributed by atoms with Gasteiger partial charge in [0.15, 0.2) is 18.1 Å². The molecule has 0 N–H and O–H groups in total. The monoisotopic (exact) mass is 415 g/mol. The highest BCUT2D eigenvalue weighted by Gasteiger charge is 2.16. The van der Waals surface area contributed by atoms with E-state index >= 15 is 0 Å². The Labute approximate surface area is 177 Å². The minimum Gasteiger partial charge on any atom is -0.494 e. The molecule has 0 saturated heterocycles. The number of hydrogen-bond acceptors (Lipinski definition) is 6. The Hall–Kier alpha value is -3.22. The van der Waals surface area contributed by atoms with Crippen LogP contribution in [-0.2, 0) is 16.1 Å². The molecule has 0 aliphatic heterocycles. The summed E-state index contributed by atoms with van der Waals surface area (Å²) < 4.78 is 21.6. The highest BCUT2D eigenvalue weighted by Crippen LogP contribution is 2.28. The molecule has 7 nitrogen and oxygen atoms in total. The number of ether oxygens (including phenoxy) is 4. The van der Waals surface area contributed by atoms with Gasteiger partial charge in [0.2, 0.25) is 0 Å². The van der Waals surface area contributed by atoms with Crippen LogP contribution in [0.1, 0.15) is 36.7 Å². The largest absolute Gasteiger partial charge is 0.494 e. The van der Waals surface area contributed by atoms with E-state index in [1.54, 1.807) is 25.2 Å². The van der Waals surface area contributed by atoms with E-state index in [4.69, 9.17) is 18.9 Å². The highest BCUT2D eigenvalue weighted by atomic mass is 16.5. The van der Waals surface area contributed by atoms with E-state index in [1.807, 2.05) is 45.0 Å². The van der Waals surface area contributed by atoms with Crippen molar-refractivity contribution in [2.24, 2.45) is 0 Å². The van der Waals surface area contributed by atoms with Gasteiger partial charge >= 0.3 is 5.97 Å². The summed E-state index contributed by atoms with van der Waals surface area (Å²) in [5.41, 5.74) is 1.25. The lowest BCUT2D eigenvalue weighted by atomic mass is 10.2.